The summed E-state index contributed by atoms with van der Waals surface area (Å²) in [7, 11) is 0. The lowest BCUT2D eigenvalue weighted by Gasteiger charge is -2.06. The second kappa shape index (κ2) is 4.24. The quantitative estimate of drug-likeness (QED) is 0.360. The van der Waals surface area contributed by atoms with Crippen molar-refractivity contribution in [1.82, 2.24) is 5.32 Å². The summed E-state index contributed by atoms with van der Waals surface area (Å²) >= 11 is 0. The van der Waals surface area contributed by atoms with E-state index in [2.05, 4.69) is 0 Å². The molecule has 82 valence electrons. The number of hydrogen-bond donors (Lipinski definition) is 1. The molecule has 0 aromatic heterocycles. The van der Waals surface area contributed by atoms with Gasteiger partial charge < -0.3 is 5.32 Å². The molecule has 1 aromatic carbocycles. The van der Waals surface area contributed by atoms with Gasteiger partial charge in [-0.25, -0.2) is 22.0 Å². The van der Waals surface area contributed by atoms with E-state index in [0.29, 0.717) is 0 Å². The van der Waals surface area contributed by atoms with Gasteiger partial charge >= 0.3 is 0 Å². The van der Waals surface area contributed by atoms with Gasteiger partial charge in [-0.2, -0.15) is 0 Å². The lowest BCUT2D eigenvalue weighted by atomic mass is 10.1. The summed E-state index contributed by atoms with van der Waals surface area (Å²) < 4.78 is 63.3. The number of rotatable bonds is 3. The number of nitrogens with one attached hydrogen (secondary N) is 1. The largest absolute Gasteiger partial charge is 0.354 e. The number of halogens is 5. The van der Waals surface area contributed by atoms with E-state index in [1.54, 1.807) is 5.32 Å². The first kappa shape index (κ1) is 11.4. The van der Waals surface area contributed by atoms with Crippen molar-refractivity contribution < 1.29 is 26.7 Å². The molecule has 2 nitrogen and oxygen atoms in total. The van der Waals surface area contributed by atoms with Crippen molar-refractivity contribution in [2.45, 2.75) is 6.54 Å². The minimum absolute atomic E-state index is 0.0814. The van der Waals surface area contributed by atoms with E-state index in [0.717, 1.165) is 0 Å². The van der Waals surface area contributed by atoms with E-state index >= 15 is 0 Å². The first-order chi connectivity index (χ1) is 7.00. The third-order valence-corrected chi connectivity index (χ3v) is 1.66. The predicted molar refractivity (Wildman–Crippen MR) is 39.1 cm³/mol. The Labute approximate surface area is 80.7 Å². The molecule has 0 bridgehead atoms. The number of benzene rings is 1. The van der Waals surface area contributed by atoms with E-state index in [4.69, 9.17) is 0 Å². The van der Waals surface area contributed by atoms with Crippen molar-refractivity contribution in [3.05, 3.63) is 34.6 Å². The summed E-state index contributed by atoms with van der Waals surface area (Å²) in [4.78, 5) is 9.82. The summed E-state index contributed by atoms with van der Waals surface area (Å²) in [5, 5.41) is 1.80. The van der Waals surface area contributed by atoms with Crippen LogP contribution in [0.1, 0.15) is 5.56 Å². The average molecular weight is 225 g/mol. The van der Waals surface area contributed by atoms with Crippen LogP contribution in [0.3, 0.4) is 0 Å². The zero-order valence-corrected chi connectivity index (χ0v) is 7.08. The molecule has 15 heavy (non-hydrogen) atoms. The Hall–Kier alpha value is -1.66. The summed E-state index contributed by atoms with van der Waals surface area (Å²) in [6.07, 6.45) is 0.0814. The van der Waals surface area contributed by atoms with Crippen LogP contribution in [0.2, 0.25) is 0 Å². The topological polar surface area (TPSA) is 29.1 Å². The smallest absolute Gasteiger partial charge is 0.207 e. The van der Waals surface area contributed by atoms with Crippen molar-refractivity contribution in [3.63, 3.8) is 0 Å². The normalized spacial score (nSPS) is 10.2. The Balaban J connectivity index is 3.31. The summed E-state index contributed by atoms with van der Waals surface area (Å²) in [6, 6.07) is 0. The Morgan fingerprint density at radius 3 is 1.67 bits per heavy atom. The van der Waals surface area contributed by atoms with Crippen LogP contribution in [0.15, 0.2) is 0 Å². The zero-order valence-electron chi connectivity index (χ0n) is 7.08. The van der Waals surface area contributed by atoms with Crippen LogP contribution in [-0.4, -0.2) is 6.41 Å². The molecule has 0 spiro atoms. The maximum atomic E-state index is 12.8. The fraction of sp³-hybridized carbons (Fsp3) is 0.125. The van der Waals surface area contributed by atoms with E-state index in [9.17, 15) is 26.7 Å². The van der Waals surface area contributed by atoms with Crippen LogP contribution in [0.5, 0.6) is 0 Å². The molecule has 0 unspecified atom stereocenters. The van der Waals surface area contributed by atoms with Crippen molar-refractivity contribution in [2.75, 3.05) is 0 Å². The van der Waals surface area contributed by atoms with Crippen LogP contribution in [0.4, 0.5) is 22.0 Å². The monoisotopic (exact) mass is 225 g/mol. The highest BCUT2D eigenvalue weighted by Gasteiger charge is 2.24. The molecule has 0 aliphatic rings. The predicted octanol–water partition coefficient (Wildman–Crippen LogP) is 1.63. The molecule has 1 aromatic rings. The van der Waals surface area contributed by atoms with Crippen LogP contribution in [0, 0.1) is 29.1 Å². The molecule has 1 N–H and O–H groups in total. The Bertz CT molecular complexity index is 378. The third kappa shape index (κ3) is 1.90. The Kier molecular flexibility index (Phi) is 3.23. The Morgan fingerprint density at radius 1 is 0.867 bits per heavy atom. The van der Waals surface area contributed by atoms with Crippen molar-refractivity contribution >= 4 is 6.41 Å². The highest BCUT2D eigenvalue weighted by Crippen LogP contribution is 2.22. The molecule has 0 aliphatic carbocycles. The third-order valence-electron chi connectivity index (χ3n) is 1.66. The molecular formula is C8H4F5NO. The van der Waals surface area contributed by atoms with Gasteiger partial charge in [0.1, 0.15) is 0 Å². The molecule has 0 saturated carbocycles. The van der Waals surface area contributed by atoms with Gasteiger partial charge in [-0.15, -0.1) is 0 Å². The van der Waals surface area contributed by atoms with E-state index in [-0.39, 0.29) is 6.41 Å². The second-order valence-electron chi connectivity index (χ2n) is 2.55. The Morgan fingerprint density at radius 2 is 1.27 bits per heavy atom. The van der Waals surface area contributed by atoms with Gasteiger partial charge in [0.25, 0.3) is 0 Å². The van der Waals surface area contributed by atoms with Crippen LogP contribution >= 0.6 is 0 Å². The number of carbonyl (C=O) groups is 1. The van der Waals surface area contributed by atoms with Gasteiger partial charge in [0.15, 0.2) is 23.3 Å². The highest BCUT2D eigenvalue weighted by molar-refractivity contribution is 5.46. The van der Waals surface area contributed by atoms with Crippen molar-refractivity contribution in [1.29, 1.82) is 0 Å². The highest BCUT2D eigenvalue weighted by atomic mass is 19.2. The van der Waals surface area contributed by atoms with Gasteiger partial charge in [0.05, 0.1) is 0 Å². The first-order valence-electron chi connectivity index (χ1n) is 3.68. The molecule has 0 atom stereocenters. The second-order valence-corrected chi connectivity index (χ2v) is 2.55. The number of hydrogen-bond acceptors (Lipinski definition) is 1. The summed E-state index contributed by atoms with van der Waals surface area (Å²) in [5.74, 6) is -10.2. The zero-order chi connectivity index (χ0) is 11.6. The van der Waals surface area contributed by atoms with Gasteiger partial charge in [-0.3, -0.25) is 4.79 Å². The van der Waals surface area contributed by atoms with Crippen molar-refractivity contribution in [2.24, 2.45) is 0 Å². The van der Waals surface area contributed by atoms with Gasteiger partial charge in [-0.1, -0.05) is 0 Å². The maximum absolute atomic E-state index is 12.8. The molecule has 1 rings (SSSR count). The molecule has 0 fully saturated rings. The lowest BCUT2D eigenvalue weighted by molar-refractivity contribution is -0.109. The van der Waals surface area contributed by atoms with E-state index in [1.165, 1.54) is 0 Å². The minimum atomic E-state index is -2.22. The van der Waals surface area contributed by atoms with Gasteiger partial charge in [0.2, 0.25) is 12.2 Å². The fourth-order valence-corrected chi connectivity index (χ4v) is 0.949. The minimum Gasteiger partial charge on any atom is -0.354 e. The van der Waals surface area contributed by atoms with Gasteiger partial charge in [-0.05, 0) is 0 Å². The fourth-order valence-electron chi connectivity index (χ4n) is 0.949. The van der Waals surface area contributed by atoms with E-state index < -0.39 is 41.2 Å². The molecule has 1 amide bonds. The van der Waals surface area contributed by atoms with Crippen molar-refractivity contribution in [3.8, 4) is 0 Å². The summed E-state index contributed by atoms with van der Waals surface area (Å²) in [5.41, 5.74) is -1.07. The van der Waals surface area contributed by atoms with E-state index in [1.807, 2.05) is 0 Å². The molecule has 0 aliphatic heterocycles. The average Bonchev–Trinajstić information content (AvgIpc) is 2.24. The number of carbonyl (C=O) groups excluding carboxylic acids is 1. The SMILES string of the molecule is O=CNCc1c(F)c(F)c(F)c(F)c1F. The van der Waals surface area contributed by atoms with Gasteiger partial charge in [0, 0.05) is 12.1 Å². The first-order valence-corrected chi connectivity index (χ1v) is 3.68. The molecular weight excluding hydrogens is 221 g/mol. The maximum Gasteiger partial charge on any atom is 0.207 e. The molecule has 0 saturated heterocycles. The molecule has 0 radical (unpaired) electrons. The number of amides is 1. The van der Waals surface area contributed by atoms with Crippen LogP contribution in [-0.2, 0) is 11.3 Å². The lowest BCUT2D eigenvalue weighted by Crippen LogP contribution is -2.16. The summed E-state index contributed by atoms with van der Waals surface area (Å²) in [6.45, 7) is -0.769. The standard InChI is InChI=1S/C8H4F5NO/c9-4-3(1-14-2-15)5(10)7(12)8(13)6(4)11/h2H,1H2,(H,14,15). The molecule has 7 heteroatoms. The molecule has 0 heterocycles. The van der Waals surface area contributed by atoms with Crippen LogP contribution in [0.25, 0.3) is 0 Å². The van der Waals surface area contributed by atoms with Crippen LogP contribution < -0.4 is 5.32 Å².